The number of hydrogen-bond donors (Lipinski definition) is 0. The van der Waals surface area contributed by atoms with E-state index in [-0.39, 0.29) is 16.4 Å². The van der Waals surface area contributed by atoms with Gasteiger partial charge in [-0.1, -0.05) is 30.3 Å². The molecule has 0 aromatic heterocycles. The molecule has 0 unspecified atom stereocenters. The molecule has 0 spiro atoms. The van der Waals surface area contributed by atoms with E-state index in [4.69, 9.17) is 0 Å². The van der Waals surface area contributed by atoms with Crippen molar-refractivity contribution in [2.24, 2.45) is 0 Å². The van der Waals surface area contributed by atoms with Gasteiger partial charge in [-0.3, -0.25) is 0 Å². The Kier molecular flexibility index (Phi) is 3.74. The maximum atomic E-state index is 12.7. The number of benzene rings is 2. The van der Waals surface area contributed by atoms with Crippen LogP contribution in [0.5, 0.6) is 0 Å². The molecule has 1 aliphatic rings. The average molecular weight is 339 g/mol. The molecule has 5 nitrogen and oxygen atoms in total. The van der Waals surface area contributed by atoms with Crippen molar-refractivity contribution >= 4 is 30.6 Å². The zero-order valence-corrected chi connectivity index (χ0v) is 13.8. The highest BCUT2D eigenvalue weighted by Crippen LogP contribution is 2.25. The minimum absolute atomic E-state index is 0.0508. The Balaban J connectivity index is 1.97. The molecule has 2 aromatic rings. The van der Waals surface area contributed by atoms with Gasteiger partial charge in [-0.25, -0.2) is 16.8 Å². The second-order valence-corrected chi connectivity index (χ2v) is 9.81. The molecule has 22 heavy (non-hydrogen) atoms. The van der Waals surface area contributed by atoms with Crippen molar-refractivity contribution < 1.29 is 16.8 Å². The fourth-order valence-electron chi connectivity index (χ4n) is 2.75. The summed E-state index contributed by atoms with van der Waals surface area (Å²) in [5.74, 6) is -0.0500. The summed E-state index contributed by atoms with van der Waals surface area (Å²) in [5, 5.41) is 1.81. The van der Waals surface area contributed by atoms with Crippen molar-refractivity contribution in [1.29, 1.82) is 0 Å². The Morgan fingerprint density at radius 1 is 1.09 bits per heavy atom. The van der Waals surface area contributed by atoms with E-state index in [0.717, 1.165) is 10.8 Å². The Labute approximate surface area is 130 Å². The lowest BCUT2D eigenvalue weighted by molar-refractivity contribution is 0.394. The molecule has 0 bridgehead atoms. The van der Waals surface area contributed by atoms with E-state index in [9.17, 15) is 16.8 Å². The van der Waals surface area contributed by atoms with Crippen molar-refractivity contribution in [3.8, 4) is 0 Å². The first kappa shape index (κ1) is 15.5. The van der Waals surface area contributed by atoms with Crippen LogP contribution in [0.1, 0.15) is 6.42 Å². The third-order valence-corrected chi connectivity index (χ3v) is 7.78. The lowest BCUT2D eigenvalue weighted by Crippen LogP contribution is -2.37. The molecule has 1 saturated heterocycles. The van der Waals surface area contributed by atoms with Crippen LogP contribution in [0, 0.1) is 0 Å². The molecule has 1 heterocycles. The fraction of sp³-hybridized carbons (Fsp3) is 0.333. The normalized spacial score (nSPS) is 21.5. The van der Waals surface area contributed by atoms with Gasteiger partial charge in [0.1, 0.15) is 0 Å². The van der Waals surface area contributed by atoms with Crippen LogP contribution in [0.25, 0.3) is 10.8 Å². The SMILES string of the molecule is CN([C@@H]1CCS(=O)(=O)C1)S(=O)(=O)c1ccc2ccccc2c1. The molecule has 0 N–H and O–H groups in total. The molecule has 1 aliphatic heterocycles. The van der Waals surface area contributed by atoms with Gasteiger partial charge in [-0.05, 0) is 29.3 Å². The molecule has 1 fully saturated rings. The van der Waals surface area contributed by atoms with E-state index in [1.807, 2.05) is 24.3 Å². The summed E-state index contributed by atoms with van der Waals surface area (Å²) in [5.41, 5.74) is 0. The molecular formula is C15H17NO4S2. The van der Waals surface area contributed by atoms with Crippen LogP contribution in [0.15, 0.2) is 47.4 Å². The fourth-order valence-corrected chi connectivity index (χ4v) is 6.04. The first-order valence-electron chi connectivity index (χ1n) is 6.97. The molecule has 2 aromatic carbocycles. The summed E-state index contributed by atoms with van der Waals surface area (Å²) in [6.07, 6.45) is 0.353. The van der Waals surface area contributed by atoms with Crippen LogP contribution in [0.4, 0.5) is 0 Å². The van der Waals surface area contributed by atoms with Crippen molar-refractivity contribution in [1.82, 2.24) is 4.31 Å². The van der Waals surface area contributed by atoms with Gasteiger partial charge in [0.2, 0.25) is 10.0 Å². The Morgan fingerprint density at radius 3 is 2.41 bits per heavy atom. The van der Waals surface area contributed by atoms with Crippen LogP contribution in [-0.2, 0) is 19.9 Å². The summed E-state index contributed by atoms with van der Waals surface area (Å²) < 4.78 is 49.7. The molecule has 7 heteroatoms. The van der Waals surface area contributed by atoms with Gasteiger partial charge in [-0.2, -0.15) is 4.31 Å². The number of hydrogen-bond acceptors (Lipinski definition) is 4. The summed E-state index contributed by atoms with van der Waals surface area (Å²) in [6.45, 7) is 0. The van der Waals surface area contributed by atoms with Gasteiger partial charge >= 0.3 is 0 Å². The zero-order chi connectivity index (χ0) is 16.0. The van der Waals surface area contributed by atoms with Crippen molar-refractivity contribution in [3.63, 3.8) is 0 Å². The van der Waals surface area contributed by atoms with E-state index >= 15 is 0 Å². The van der Waals surface area contributed by atoms with E-state index < -0.39 is 25.9 Å². The van der Waals surface area contributed by atoms with Crippen molar-refractivity contribution in [2.45, 2.75) is 17.4 Å². The highest BCUT2D eigenvalue weighted by atomic mass is 32.2. The van der Waals surface area contributed by atoms with Gasteiger partial charge in [0.25, 0.3) is 0 Å². The topological polar surface area (TPSA) is 71.5 Å². The van der Waals surface area contributed by atoms with E-state index in [2.05, 4.69) is 0 Å². The summed E-state index contributed by atoms with van der Waals surface area (Å²) in [6, 6.07) is 12.0. The molecule has 118 valence electrons. The van der Waals surface area contributed by atoms with E-state index in [1.54, 1.807) is 18.2 Å². The standard InChI is InChI=1S/C15H17NO4S2/c1-16(14-8-9-21(17,18)11-14)22(19,20)15-7-6-12-4-2-3-5-13(12)10-15/h2-7,10,14H,8-9,11H2,1H3/t14-/m1/s1. The Morgan fingerprint density at radius 2 is 1.77 bits per heavy atom. The van der Waals surface area contributed by atoms with Crippen molar-refractivity contribution in [2.75, 3.05) is 18.6 Å². The predicted molar refractivity (Wildman–Crippen MR) is 86.0 cm³/mol. The first-order chi connectivity index (χ1) is 10.3. The van der Waals surface area contributed by atoms with Crippen LogP contribution in [0.3, 0.4) is 0 Å². The van der Waals surface area contributed by atoms with Gasteiger partial charge in [0.15, 0.2) is 9.84 Å². The largest absolute Gasteiger partial charge is 0.243 e. The molecular weight excluding hydrogens is 322 g/mol. The maximum absolute atomic E-state index is 12.7. The highest BCUT2D eigenvalue weighted by molar-refractivity contribution is 7.92. The monoisotopic (exact) mass is 339 g/mol. The maximum Gasteiger partial charge on any atom is 0.243 e. The van der Waals surface area contributed by atoms with Crippen LogP contribution in [-0.4, -0.2) is 45.7 Å². The molecule has 0 aliphatic carbocycles. The number of fused-ring (bicyclic) bond motifs is 1. The predicted octanol–water partition coefficient (Wildman–Crippen LogP) is 1.65. The summed E-state index contributed by atoms with van der Waals surface area (Å²) >= 11 is 0. The lowest BCUT2D eigenvalue weighted by atomic mass is 10.1. The third-order valence-electron chi connectivity index (χ3n) is 4.12. The molecule has 0 radical (unpaired) electrons. The summed E-state index contributed by atoms with van der Waals surface area (Å²) in [4.78, 5) is 0.193. The quantitative estimate of drug-likeness (QED) is 0.852. The molecule has 3 rings (SSSR count). The summed E-state index contributed by atoms with van der Waals surface area (Å²) in [7, 11) is -5.36. The average Bonchev–Trinajstić information content (AvgIpc) is 2.86. The van der Waals surface area contributed by atoms with Crippen LogP contribution >= 0.6 is 0 Å². The second kappa shape index (κ2) is 5.33. The minimum Gasteiger partial charge on any atom is -0.229 e. The highest BCUT2D eigenvalue weighted by Gasteiger charge is 2.36. The number of sulfonamides is 1. The molecule has 0 amide bonds. The van der Waals surface area contributed by atoms with Gasteiger partial charge < -0.3 is 0 Å². The lowest BCUT2D eigenvalue weighted by Gasteiger charge is -2.23. The molecule has 1 atom stereocenters. The second-order valence-electron chi connectivity index (χ2n) is 5.59. The number of sulfone groups is 1. The number of nitrogens with zero attached hydrogens (tertiary/aromatic N) is 1. The van der Waals surface area contributed by atoms with Gasteiger partial charge in [0, 0.05) is 13.1 Å². The minimum atomic E-state index is -3.70. The van der Waals surface area contributed by atoms with E-state index in [1.165, 1.54) is 11.4 Å². The Bertz CT molecular complexity index is 919. The molecule has 0 saturated carbocycles. The van der Waals surface area contributed by atoms with Crippen molar-refractivity contribution in [3.05, 3.63) is 42.5 Å². The van der Waals surface area contributed by atoms with Crippen LogP contribution in [0.2, 0.25) is 0 Å². The third kappa shape index (κ3) is 2.76. The van der Waals surface area contributed by atoms with Crippen LogP contribution < -0.4 is 0 Å². The Hall–Kier alpha value is -1.44. The first-order valence-corrected chi connectivity index (χ1v) is 10.2. The zero-order valence-electron chi connectivity index (χ0n) is 12.1. The number of rotatable bonds is 3. The smallest absolute Gasteiger partial charge is 0.229 e. The van der Waals surface area contributed by atoms with E-state index in [0.29, 0.717) is 6.42 Å². The van der Waals surface area contributed by atoms with Gasteiger partial charge in [0.05, 0.1) is 16.4 Å². The van der Waals surface area contributed by atoms with Gasteiger partial charge in [-0.15, -0.1) is 0 Å².